The highest BCUT2D eigenvalue weighted by atomic mass is 16.2. The fraction of sp³-hybridized carbons (Fsp3) is 0.591. The predicted molar refractivity (Wildman–Crippen MR) is 105 cm³/mol. The molecule has 3 rings (SSSR count). The second kappa shape index (κ2) is 7.83. The lowest BCUT2D eigenvalue weighted by Gasteiger charge is -2.37. The molecule has 0 spiro atoms. The van der Waals surface area contributed by atoms with Crippen molar-refractivity contribution in [1.82, 2.24) is 9.80 Å². The number of Topliss-reactive ketones (excluding diaryl/α,β-unsaturated/α-hetero) is 1. The number of amides is 2. The van der Waals surface area contributed by atoms with E-state index >= 15 is 0 Å². The average Bonchev–Trinajstić information content (AvgIpc) is 3.12. The van der Waals surface area contributed by atoms with Gasteiger partial charge in [0.2, 0.25) is 11.8 Å². The smallest absolute Gasteiger partial charge is 0.228 e. The molecule has 1 heterocycles. The van der Waals surface area contributed by atoms with Crippen molar-refractivity contribution >= 4 is 17.6 Å². The number of rotatable bonds is 4. The van der Waals surface area contributed by atoms with Crippen molar-refractivity contribution < 1.29 is 14.4 Å². The van der Waals surface area contributed by atoms with Crippen molar-refractivity contribution in [2.45, 2.75) is 52.9 Å². The highest BCUT2D eigenvalue weighted by molar-refractivity contribution is 5.98. The van der Waals surface area contributed by atoms with Gasteiger partial charge in [-0.15, -0.1) is 0 Å². The Hall–Kier alpha value is -2.17. The molecule has 0 atom stereocenters. The molecule has 146 valence electrons. The number of hydrogen-bond donors (Lipinski definition) is 0. The zero-order valence-electron chi connectivity index (χ0n) is 16.7. The predicted octanol–water partition coefficient (Wildman–Crippen LogP) is 2.86. The highest BCUT2D eigenvalue weighted by Gasteiger charge is 2.30. The summed E-state index contributed by atoms with van der Waals surface area (Å²) in [6.45, 7) is 7.98. The SMILES string of the molecule is CC(C)(C)C(=O)N1CCN(C(=O)CCC(=O)c2ccc3c(c2)CCC3)CC1. The van der Waals surface area contributed by atoms with Crippen LogP contribution < -0.4 is 0 Å². The van der Waals surface area contributed by atoms with Gasteiger partial charge in [-0.25, -0.2) is 0 Å². The van der Waals surface area contributed by atoms with E-state index in [0.29, 0.717) is 26.2 Å². The van der Waals surface area contributed by atoms with E-state index in [1.54, 1.807) is 4.90 Å². The lowest BCUT2D eigenvalue weighted by Crippen LogP contribution is -2.53. The molecular weight excluding hydrogens is 340 g/mol. The van der Waals surface area contributed by atoms with Gasteiger partial charge >= 0.3 is 0 Å². The molecule has 0 bridgehead atoms. The number of piperazine rings is 1. The zero-order chi connectivity index (χ0) is 19.6. The minimum absolute atomic E-state index is 0.00682. The standard InChI is InChI=1S/C22H30N2O3/c1-22(2,3)21(27)24-13-11-23(12-14-24)20(26)10-9-19(25)18-8-7-16-5-4-6-17(16)15-18/h7-8,15H,4-6,9-14H2,1-3H3. The maximum absolute atomic E-state index is 12.5. The Morgan fingerprint density at radius 2 is 1.52 bits per heavy atom. The number of ketones is 1. The first-order valence-corrected chi connectivity index (χ1v) is 9.98. The fourth-order valence-electron chi connectivity index (χ4n) is 3.90. The van der Waals surface area contributed by atoms with E-state index in [4.69, 9.17) is 0 Å². The monoisotopic (exact) mass is 370 g/mol. The van der Waals surface area contributed by atoms with Crippen molar-refractivity contribution in [3.8, 4) is 0 Å². The summed E-state index contributed by atoms with van der Waals surface area (Å²) in [6, 6.07) is 5.96. The Bertz CT molecular complexity index is 740. The number of carbonyl (C=O) groups excluding carboxylic acids is 3. The van der Waals surface area contributed by atoms with Gasteiger partial charge in [-0.1, -0.05) is 32.9 Å². The molecule has 0 N–H and O–H groups in total. The van der Waals surface area contributed by atoms with Crippen LogP contribution in [0.5, 0.6) is 0 Å². The molecule has 0 saturated carbocycles. The Morgan fingerprint density at radius 1 is 0.889 bits per heavy atom. The van der Waals surface area contributed by atoms with E-state index in [1.807, 2.05) is 37.8 Å². The number of fused-ring (bicyclic) bond motifs is 1. The van der Waals surface area contributed by atoms with Crippen molar-refractivity contribution in [1.29, 1.82) is 0 Å². The van der Waals surface area contributed by atoms with Crippen LogP contribution in [-0.4, -0.2) is 53.6 Å². The van der Waals surface area contributed by atoms with E-state index in [2.05, 4.69) is 6.07 Å². The minimum atomic E-state index is -0.394. The number of carbonyl (C=O) groups is 3. The third kappa shape index (κ3) is 4.57. The zero-order valence-corrected chi connectivity index (χ0v) is 16.7. The fourth-order valence-corrected chi connectivity index (χ4v) is 3.90. The van der Waals surface area contributed by atoms with Gasteiger partial charge in [0.05, 0.1) is 0 Å². The first-order chi connectivity index (χ1) is 12.8. The molecule has 2 aliphatic rings. The molecule has 0 unspecified atom stereocenters. The van der Waals surface area contributed by atoms with Crippen LogP contribution >= 0.6 is 0 Å². The molecule has 0 aromatic heterocycles. The Labute approximate surface area is 161 Å². The van der Waals surface area contributed by atoms with Gasteiger partial charge in [0.25, 0.3) is 0 Å². The largest absolute Gasteiger partial charge is 0.339 e. The van der Waals surface area contributed by atoms with Crippen molar-refractivity contribution in [3.63, 3.8) is 0 Å². The molecule has 1 aliphatic carbocycles. The van der Waals surface area contributed by atoms with Crippen molar-refractivity contribution in [3.05, 3.63) is 34.9 Å². The van der Waals surface area contributed by atoms with E-state index in [1.165, 1.54) is 11.1 Å². The summed E-state index contributed by atoms with van der Waals surface area (Å²) in [5.41, 5.74) is 2.97. The van der Waals surface area contributed by atoms with Crippen molar-refractivity contribution in [2.75, 3.05) is 26.2 Å². The lowest BCUT2D eigenvalue weighted by atomic mass is 9.94. The summed E-state index contributed by atoms with van der Waals surface area (Å²) in [6.07, 6.45) is 3.80. The Balaban J connectivity index is 1.47. The van der Waals surface area contributed by atoms with Crippen LogP contribution in [0.3, 0.4) is 0 Å². The van der Waals surface area contributed by atoms with E-state index < -0.39 is 5.41 Å². The molecule has 5 nitrogen and oxygen atoms in total. The maximum Gasteiger partial charge on any atom is 0.228 e. The number of aryl methyl sites for hydroxylation is 2. The van der Waals surface area contributed by atoms with Crippen LogP contribution in [0.4, 0.5) is 0 Å². The van der Waals surface area contributed by atoms with Gasteiger partial charge in [0, 0.05) is 50.0 Å². The normalized spacial score (nSPS) is 17.0. The summed E-state index contributed by atoms with van der Waals surface area (Å²) >= 11 is 0. The van der Waals surface area contributed by atoms with Gasteiger partial charge in [0.15, 0.2) is 5.78 Å². The quantitative estimate of drug-likeness (QED) is 0.766. The molecule has 27 heavy (non-hydrogen) atoms. The molecule has 1 aromatic carbocycles. The van der Waals surface area contributed by atoms with Gasteiger partial charge < -0.3 is 9.80 Å². The Kier molecular flexibility index (Phi) is 5.68. The van der Waals surface area contributed by atoms with Crippen LogP contribution in [0.2, 0.25) is 0 Å². The molecule has 1 aromatic rings. The summed E-state index contributed by atoms with van der Waals surface area (Å²) in [4.78, 5) is 40.9. The number of nitrogens with zero attached hydrogens (tertiary/aromatic N) is 2. The van der Waals surface area contributed by atoms with Gasteiger partial charge in [-0.05, 0) is 36.5 Å². The molecule has 1 aliphatic heterocycles. The summed E-state index contributed by atoms with van der Waals surface area (Å²) in [7, 11) is 0. The van der Waals surface area contributed by atoms with E-state index in [9.17, 15) is 14.4 Å². The van der Waals surface area contributed by atoms with E-state index in [0.717, 1.165) is 24.8 Å². The first-order valence-electron chi connectivity index (χ1n) is 9.98. The number of hydrogen-bond acceptors (Lipinski definition) is 3. The first kappa shape index (κ1) is 19.6. The van der Waals surface area contributed by atoms with Crippen LogP contribution in [-0.2, 0) is 22.4 Å². The third-order valence-corrected chi connectivity index (χ3v) is 5.55. The van der Waals surface area contributed by atoms with Gasteiger partial charge in [-0.3, -0.25) is 14.4 Å². The Morgan fingerprint density at radius 3 is 2.19 bits per heavy atom. The number of benzene rings is 1. The van der Waals surface area contributed by atoms with Gasteiger partial charge in [0.1, 0.15) is 0 Å². The second-order valence-corrected chi connectivity index (χ2v) is 8.68. The summed E-state index contributed by atoms with van der Waals surface area (Å²) in [5, 5.41) is 0. The average molecular weight is 370 g/mol. The third-order valence-electron chi connectivity index (χ3n) is 5.55. The molecule has 1 saturated heterocycles. The summed E-state index contributed by atoms with van der Waals surface area (Å²) < 4.78 is 0. The molecule has 0 radical (unpaired) electrons. The van der Waals surface area contributed by atoms with Crippen LogP contribution in [0, 0.1) is 5.41 Å². The van der Waals surface area contributed by atoms with Gasteiger partial charge in [-0.2, -0.15) is 0 Å². The highest BCUT2D eigenvalue weighted by Crippen LogP contribution is 2.24. The second-order valence-electron chi connectivity index (χ2n) is 8.68. The molecule has 5 heteroatoms. The molecular formula is C22H30N2O3. The molecule has 2 amide bonds. The maximum atomic E-state index is 12.5. The minimum Gasteiger partial charge on any atom is -0.339 e. The van der Waals surface area contributed by atoms with Crippen LogP contribution in [0.15, 0.2) is 18.2 Å². The van der Waals surface area contributed by atoms with Crippen molar-refractivity contribution in [2.24, 2.45) is 5.41 Å². The van der Waals surface area contributed by atoms with Crippen LogP contribution in [0.25, 0.3) is 0 Å². The van der Waals surface area contributed by atoms with E-state index in [-0.39, 0.29) is 30.4 Å². The van der Waals surface area contributed by atoms with Crippen LogP contribution in [0.1, 0.15) is 61.5 Å². The lowest BCUT2D eigenvalue weighted by molar-refractivity contribution is -0.144. The molecule has 1 fully saturated rings. The summed E-state index contributed by atoms with van der Waals surface area (Å²) in [5.74, 6) is 0.174. The topological polar surface area (TPSA) is 57.7 Å².